The predicted octanol–water partition coefficient (Wildman–Crippen LogP) is 3.36. The van der Waals surface area contributed by atoms with Crippen molar-refractivity contribution in [2.45, 2.75) is 51.2 Å². The van der Waals surface area contributed by atoms with Gasteiger partial charge in [0.1, 0.15) is 23.8 Å². The fourth-order valence-electron chi connectivity index (χ4n) is 4.48. The average Bonchev–Trinajstić information content (AvgIpc) is 3.37. The number of aromatic nitrogens is 3. The van der Waals surface area contributed by atoms with Gasteiger partial charge in [-0.1, -0.05) is 17.3 Å². The Morgan fingerprint density at radius 3 is 2.90 bits per heavy atom. The van der Waals surface area contributed by atoms with Gasteiger partial charge in [-0.05, 0) is 31.5 Å². The van der Waals surface area contributed by atoms with E-state index < -0.39 is 24.3 Å². The summed E-state index contributed by atoms with van der Waals surface area (Å²) in [5, 5.41) is 4.36. The van der Waals surface area contributed by atoms with E-state index in [9.17, 15) is 18.0 Å². The molecule has 1 saturated heterocycles. The third-order valence-electron chi connectivity index (χ3n) is 5.91. The summed E-state index contributed by atoms with van der Waals surface area (Å²) in [6, 6.07) is 6.09. The smallest absolute Gasteiger partial charge is 0.376 e. The van der Waals surface area contributed by atoms with Crippen LogP contribution in [0.2, 0.25) is 0 Å². The van der Waals surface area contributed by atoms with E-state index >= 15 is 0 Å². The molecule has 4 heterocycles. The Kier molecular flexibility index (Phi) is 5.05. The van der Waals surface area contributed by atoms with Crippen LogP contribution in [0.3, 0.4) is 0 Å². The lowest BCUT2D eigenvalue weighted by Crippen LogP contribution is -2.35. The maximum atomic E-state index is 13.3. The monoisotopic (exact) mass is 434 g/mol. The quantitative estimate of drug-likeness (QED) is 0.627. The summed E-state index contributed by atoms with van der Waals surface area (Å²) in [6.45, 7) is 0.707. The van der Waals surface area contributed by atoms with Crippen LogP contribution in [0.5, 0.6) is 0 Å². The number of hydrogen-bond donors (Lipinski definition) is 0. The number of fused-ring (bicyclic) bond motifs is 2. The van der Waals surface area contributed by atoms with E-state index in [1.165, 1.54) is 6.07 Å². The Morgan fingerprint density at radius 1 is 1.23 bits per heavy atom. The summed E-state index contributed by atoms with van der Waals surface area (Å²) < 4.78 is 51.7. The molecule has 1 atom stereocenters. The predicted molar refractivity (Wildman–Crippen MR) is 104 cm³/mol. The van der Waals surface area contributed by atoms with E-state index in [0.717, 1.165) is 28.0 Å². The highest BCUT2D eigenvalue weighted by Gasteiger charge is 2.36. The molecular weight excluding hydrogens is 413 g/mol. The van der Waals surface area contributed by atoms with Crippen LogP contribution < -0.4 is 5.56 Å². The minimum absolute atomic E-state index is 0.145. The SMILES string of the molecule is O=c1c2ccccc2nc(C2CCCN2Cc2noc3c2COCC3)n1CC(F)(F)F. The van der Waals surface area contributed by atoms with Gasteiger partial charge in [-0.15, -0.1) is 0 Å². The Labute approximate surface area is 175 Å². The normalized spacial score (nSPS) is 19.8. The number of rotatable bonds is 4. The molecule has 0 aliphatic carbocycles. The summed E-state index contributed by atoms with van der Waals surface area (Å²) in [6.07, 6.45) is -2.48. The summed E-state index contributed by atoms with van der Waals surface area (Å²) in [5.41, 5.74) is 1.38. The lowest BCUT2D eigenvalue weighted by molar-refractivity contribution is -0.142. The van der Waals surface area contributed by atoms with Gasteiger partial charge >= 0.3 is 6.18 Å². The summed E-state index contributed by atoms with van der Waals surface area (Å²) in [7, 11) is 0. The van der Waals surface area contributed by atoms with Crippen molar-refractivity contribution in [1.29, 1.82) is 0 Å². The maximum absolute atomic E-state index is 13.3. The number of halogens is 3. The van der Waals surface area contributed by atoms with Crippen molar-refractivity contribution in [1.82, 2.24) is 19.6 Å². The Balaban J connectivity index is 1.55. The second-order valence-electron chi connectivity index (χ2n) is 7.96. The van der Waals surface area contributed by atoms with Gasteiger partial charge < -0.3 is 9.26 Å². The number of benzene rings is 1. The molecule has 0 bridgehead atoms. The van der Waals surface area contributed by atoms with Crippen LogP contribution in [0.25, 0.3) is 10.9 Å². The number of para-hydroxylation sites is 1. The molecule has 0 N–H and O–H groups in total. The topological polar surface area (TPSA) is 73.4 Å². The molecule has 0 radical (unpaired) electrons. The van der Waals surface area contributed by atoms with Crippen molar-refractivity contribution in [3.05, 3.63) is 57.5 Å². The van der Waals surface area contributed by atoms with Crippen LogP contribution in [-0.2, 0) is 30.9 Å². The zero-order valence-corrected chi connectivity index (χ0v) is 16.7. The van der Waals surface area contributed by atoms with Gasteiger partial charge in [-0.25, -0.2) is 4.98 Å². The minimum atomic E-state index is -4.53. The molecule has 2 aliphatic rings. The molecule has 0 saturated carbocycles. The number of alkyl halides is 3. The van der Waals surface area contributed by atoms with Crippen molar-refractivity contribution in [2.24, 2.45) is 0 Å². The number of hydrogen-bond acceptors (Lipinski definition) is 6. The molecule has 31 heavy (non-hydrogen) atoms. The molecule has 1 fully saturated rings. The lowest BCUT2D eigenvalue weighted by Gasteiger charge is -2.26. The van der Waals surface area contributed by atoms with Gasteiger partial charge in [0, 0.05) is 18.5 Å². The minimum Gasteiger partial charge on any atom is -0.376 e. The van der Waals surface area contributed by atoms with Gasteiger partial charge in [0.2, 0.25) is 0 Å². The van der Waals surface area contributed by atoms with Crippen molar-refractivity contribution >= 4 is 10.9 Å². The van der Waals surface area contributed by atoms with E-state index in [1.807, 2.05) is 4.90 Å². The first-order chi connectivity index (χ1) is 14.9. The second kappa shape index (κ2) is 7.76. The highest BCUT2D eigenvalue weighted by molar-refractivity contribution is 5.77. The number of likely N-dealkylation sites (tertiary alicyclic amines) is 1. The Bertz CT molecular complexity index is 1170. The molecule has 0 amide bonds. The average molecular weight is 434 g/mol. The van der Waals surface area contributed by atoms with Crippen LogP contribution in [-0.4, -0.2) is 38.9 Å². The molecule has 7 nitrogen and oxygen atoms in total. The first-order valence-corrected chi connectivity index (χ1v) is 10.2. The zero-order valence-electron chi connectivity index (χ0n) is 16.7. The van der Waals surface area contributed by atoms with E-state index in [-0.39, 0.29) is 11.2 Å². The molecule has 0 spiro atoms. The van der Waals surface area contributed by atoms with Crippen molar-refractivity contribution in [3.8, 4) is 0 Å². The van der Waals surface area contributed by atoms with Gasteiger partial charge in [-0.2, -0.15) is 13.2 Å². The van der Waals surface area contributed by atoms with Crippen LogP contribution in [0.4, 0.5) is 13.2 Å². The van der Waals surface area contributed by atoms with Gasteiger partial charge in [0.25, 0.3) is 5.56 Å². The fraction of sp³-hybridized carbons (Fsp3) is 0.476. The van der Waals surface area contributed by atoms with Crippen molar-refractivity contribution in [2.75, 3.05) is 13.2 Å². The van der Waals surface area contributed by atoms with Gasteiger partial charge in [0.15, 0.2) is 0 Å². The molecule has 2 aromatic heterocycles. The van der Waals surface area contributed by atoms with Crippen molar-refractivity contribution < 1.29 is 22.4 Å². The summed E-state index contributed by atoms with van der Waals surface area (Å²) in [5.74, 6) is 0.946. The molecule has 1 aromatic carbocycles. The number of ether oxygens (including phenoxy) is 1. The molecule has 3 aromatic rings. The van der Waals surface area contributed by atoms with Crippen LogP contribution >= 0.6 is 0 Å². The Hall–Kier alpha value is -2.72. The van der Waals surface area contributed by atoms with Crippen molar-refractivity contribution in [3.63, 3.8) is 0 Å². The molecule has 1 unspecified atom stereocenters. The maximum Gasteiger partial charge on any atom is 0.406 e. The van der Waals surface area contributed by atoms with Gasteiger partial charge in [-0.3, -0.25) is 14.3 Å². The standard InChI is InChI=1S/C21H21F3N4O3/c22-21(23,24)12-28-19(25-15-5-2-1-4-13(15)20(28)29)17-6-3-8-27(17)10-16-14-11-30-9-7-18(14)31-26-16/h1-2,4-5,17H,3,6-12H2. The highest BCUT2D eigenvalue weighted by atomic mass is 19.4. The Morgan fingerprint density at radius 2 is 2.06 bits per heavy atom. The van der Waals surface area contributed by atoms with E-state index in [1.54, 1.807) is 18.2 Å². The summed E-state index contributed by atoms with van der Waals surface area (Å²) >= 11 is 0. The fourth-order valence-corrected chi connectivity index (χ4v) is 4.48. The van der Waals surface area contributed by atoms with Crippen LogP contribution in [0.15, 0.2) is 33.6 Å². The second-order valence-corrected chi connectivity index (χ2v) is 7.96. The van der Waals surface area contributed by atoms with Gasteiger partial charge in [0.05, 0.1) is 30.2 Å². The summed E-state index contributed by atoms with van der Waals surface area (Å²) in [4.78, 5) is 19.5. The van der Waals surface area contributed by atoms with E-state index in [4.69, 9.17) is 9.26 Å². The van der Waals surface area contributed by atoms with Crippen LogP contribution in [0, 0.1) is 0 Å². The lowest BCUT2D eigenvalue weighted by atomic mass is 10.1. The molecule has 2 aliphatic heterocycles. The molecule has 5 rings (SSSR count). The first kappa shape index (κ1) is 20.2. The highest BCUT2D eigenvalue weighted by Crippen LogP contribution is 2.34. The molecule has 164 valence electrons. The molecular formula is C21H21F3N4O3. The largest absolute Gasteiger partial charge is 0.406 e. The van der Waals surface area contributed by atoms with E-state index in [0.29, 0.717) is 44.7 Å². The molecule has 10 heteroatoms. The third kappa shape index (κ3) is 3.85. The third-order valence-corrected chi connectivity index (χ3v) is 5.91. The van der Waals surface area contributed by atoms with Crippen LogP contribution in [0.1, 0.15) is 41.7 Å². The number of nitrogens with zero attached hydrogens (tertiary/aromatic N) is 4. The van der Waals surface area contributed by atoms with E-state index in [2.05, 4.69) is 10.1 Å². The first-order valence-electron chi connectivity index (χ1n) is 10.2. The zero-order chi connectivity index (χ0) is 21.6.